The van der Waals surface area contributed by atoms with Gasteiger partial charge in [0.2, 0.25) is 11.5 Å². The van der Waals surface area contributed by atoms with Gasteiger partial charge in [0.05, 0.1) is 40.1 Å². The third-order valence-corrected chi connectivity index (χ3v) is 16.7. The first kappa shape index (κ1) is 50.0. The molecule has 0 amide bonds. The number of Topliss-reactive ketones (excluding diaryl/α,β-unsaturated/α-hetero) is 1. The van der Waals surface area contributed by atoms with E-state index in [9.17, 15) is 19.8 Å². The van der Waals surface area contributed by atoms with Gasteiger partial charge in [-0.1, -0.05) is 128 Å². The van der Waals surface area contributed by atoms with E-state index in [-0.39, 0.29) is 17.1 Å². The number of hydrogen-bond acceptors (Lipinski definition) is 7. The highest BCUT2D eigenvalue weighted by molar-refractivity contribution is 7.99. The highest BCUT2D eigenvalue weighted by Crippen LogP contribution is 2.51. The summed E-state index contributed by atoms with van der Waals surface area (Å²) in [7, 11) is 0. The Labute approximate surface area is 419 Å². The molecule has 0 saturated heterocycles. The molecule has 69 heavy (non-hydrogen) atoms. The summed E-state index contributed by atoms with van der Waals surface area (Å²) >= 11 is 3.34. The van der Waals surface area contributed by atoms with Crippen molar-refractivity contribution in [3.63, 3.8) is 0 Å². The van der Waals surface area contributed by atoms with Crippen LogP contribution in [0, 0.1) is 5.92 Å². The van der Waals surface area contributed by atoms with Crippen LogP contribution in [0.1, 0.15) is 152 Å². The number of unbranched alkanes of at least 4 members (excludes halogenated alkanes) is 9. The summed E-state index contributed by atoms with van der Waals surface area (Å²) in [6.45, 7) is 15.6. The number of carboxylic acids is 1. The molecule has 4 aromatic carbocycles. The molecule has 0 spiro atoms. The molecule has 8 rings (SSSR count). The quantitative estimate of drug-likeness (QED) is 0.0362. The Kier molecular flexibility index (Phi) is 16.4. The lowest BCUT2D eigenvalue weighted by Gasteiger charge is -2.33. The van der Waals surface area contributed by atoms with Gasteiger partial charge in [-0.15, -0.1) is 11.3 Å². The summed E-state index contributed by atoms with van der Waals surface area (Å²) < 4.78 is 8.48. The Balaban J connectivity index is 1.04. The van der Waals surface area contributed by atoms with E-state index in [0.29, 0.717) is 17.1 Å². The average molecular weight is 964 g/mol. The van der Waals surface area contributed by atoms with Crippen molar-refractivity contribution in [2.75, 3.05) is 24.6 Å². The lowest BCUT2D eigenvalue weighted by atomic mass is 9.78. The fourth-order valence-corrected chi connectivity index (χ4v) is 12.3. The molecule has 3 heterocycles. The minimum absolute atomic E-state index is 0.0141. The van der Waals surface area contributed by atoms with Gasteiger partial charge in [-0.2, -0.15) is 4.58 Å². The van der Waals surface area contributed by atoms with Crippen LogP contribution in [0.3, 0.4) is 0 Å². The number of rotatable bonds is 24. The van der Waals surface area contributed by atoms with Crippen LogP contribution >= 0.6 is 23.1 Å². The molecule has 0 radical (unpaired) electrons. The number of aromatic carboxylic acids is 1. The lowest BCUT2D eigenvalue weighted by Crippen LogP contribution is -2.31. The minimum Gasteiger partial charge on any atom is -0.506 e. The molecule has 1 aromatic heterocycles. The van der Waals surface area contributed by atoms with Gasteiger partial charge >= 0.3 is 5.97 Å². The Bertz CT molecular complexity index is 2760. The molecular weight excluding hydrogens is 893 g/mol. The van der Waals surface area contributed by atoms with Gasteiger partial charge in [0, 0.05) is 50.2 Å². The predicted molar refractivity (Wildman–Crippen MR) is 288 cm³/mol. The largest absolute Gasteiger partial charge is 0.506 e. The number of ketones is 1. The number of hydrogen-bond donors (Lipinski definition) is 2. The number of allylic oxidation sites excluding steroid dienone is 3. The van der Waals surface area contributed by atoms with Crippen LogP contribution in [0.25, 0.3) is 27.1 Å². The van der Waals surface area contributed by atoms with Crippen molar-refractivity contribution >= 4 is 63.2 Å². The molecule has 0 saturated carbocycles. The molecule has 2 aliphatic heterocycles. The Morgan fingerprint density at radius 1 is 0.739 bits per heavy atom. The van der Waals surface area contributed by atoms with E-state index >= 15 is 0 Å². The van der Waals surface area contributed by atoms with Crippen LogP contribution in [-0.2, 0) is 10.2 Å². The van der Waals surface area contributed by atoms with Crippen molar-refractivity contribution in [1.29, 1.82) is 0 Å². The molecule has 2 N–H and O–H groups in total. The molecular formula is C60H71N2O5S2+. The second kappa shape index (κ2) is 22.6. The first-order valence-corrected chi connectivity index (χ1v) is 27.4. The highest BCUT2D eigenvalue weighted by Gasteiger charge is 2.47. The fourth-order valence-electron chi connectivity index (χ4n) is 10.1. The van der Waals surface area contributed by atoms with E-state index in [1.54, 1.807) is 12.1 Å². The summed E-state index contributed by atoms with van der Waals surface area (Å²) in [5.41, 5.74) is 8.98. The first-order chi connectivity index (χ1) is 33.5. The maximum atomic E-state index is 14.1. The average Bonchev–Trinajstić information content (AvgIpc) is 3.91. The zero-order valence-electron chi connectivity index (χ0n) is 41.7. The monoisotopic (exact) mass is 963 g/mol. The third kappa shape index (κ3) is 10.9. The molecule has 9 heteroatoms. The second-order valence-electron chi connectivity index (χ2n) is 19.7. The van der Waals surface area contributed by atoms with Crippen LogP contribution in [0.5, 0.6) is 5.75 Å². The van der Waals surface area contributed by atoms with Gasteiger partial charge in [0.25, 0.3) is 0 Å². The summed E-state index contributed by atoms with van der Waals surface area (Å²) in [4.78, 5) is 32.8. The zero-order chi connectivity index (χ0) is 48.7. The summed E-state index contributed by atoms with van der Waals surface area (Å²) in [5.74, 6) is 0.386. The maximum absolute atomic E-state index is 14.1. The third-order valence-electron chi connectivity index (χ3n) is 14.4. The van der Waals surface area contributed by atoms with Crippen molar-refractivity contribution in [3.05, 3.63) is 124 Å². The second-order valence-corrected chi connectivity index (χ2v) is 21.8. The standard InChI is InChI=1S/C60H70N2O5S2/c1-7-11-14-16-17-19-34-62-48-28-25-44(59(65)66)35-47(48)60(5,6)55(62)38-46-57(63)56(58(46)64)52-32-31-51(68-52)43-24-30-50-54(37-43)69-53-36-42(23-29-49(53)61(50)33-18-15-12-8-2)41-21-26-45(27-22-41)67-39-40(10-4)20-13-9-3/h21-32,35-38,40H,7-20,33-34,39H2,1-6H3,(H-,63,64,65,66)/p+1. The minimum atomic E-state index is -0.965. The van der Waals surface area contributed by atoms with E-state index in [0.717, 1.165) is 83.4 Å². The number of aliphatic hydroxyl groups is 1. The SMILES string of the molecule is CCCCCCCC[N+]1=C(C=C2C(=O)C(c3ccc(-c4ccc5c(c4)Sc4cc(-c6ccc(OCC(CC)CCCC)cc6)ccc4N5CCCCCC)s3)=C2O)C(C)(C)c2cc(C(=O)O)ccc21. The normalized spacial score (nSPS) is 15.9. The molecule has 0 fully saturated rings. The number of carbonyl (C=O) groups excluding carboxylic acids is 1. The number of anilines is 2. The van der Waals surface area contributed by atoms with Crippen LogP contribution in [-0.4, -0.2) is 51.9 Å². The summed E-state index contributed by atoms with van der Waals surface area (Å²) in [6, 6.07) is 31.5. The number of thiophene rings is 1. The molecule has 7 nitrogen and oxygen atoms in total. The van der Waals surface area contributed by atoms with Gasteiger partial charge in [-0.3, -0.25) is 4.79 Å². The fraction of sp³-hybridized carbons (Fsp3) is 0.417. The zero-order valence-corrected chi connectivity index (χ0v) is 43.3. The molecule has 1 atom stereocenters. The maximum Gasteiger partial charge on any atom is 0.335 e. The van der Waals surface area contributed by atoms with Crippen molar-refractivity contribution in [2.45, 2.75) is 147 Å². The number of fused-ring (bicyclic) bond motifs is 3. The number of carbonyl (C=O) groups is 2. The van der Waals surface area contributed by atoms with Gasteiger partial charge in [0.1, 0.15) is 18.1 Å². The van der Waals surface area contributed by atoms with Crippen LogP contribution < -0.4 is 9.64 Å². The molecule has 362 valence electrons. The summed E-state index contributed by atoms with van der Waals surface area (Å²) in [6.07, 6.45) is 18.3. The van der Waals surface area contributed by atoms with E-state index in [1.807, 2.05) is 30.0 Å². The molecule has 1 aliphatic carbocycles. The lowest BCUT2D eigenvalue weighted by molar-refractivity contribution is -0.438. The smallest absolute Gasteiger partial charge is 0.335 e. The summed E-state index contributed by atoms with van der Waals surface area (Å²) in [5, 5.41) is 21.5. The number of nitrogens with zero attached hydrogens (tertiary/aromatic N) is 2. The predicted octanol–water partition coefficient (Wildman–Crippen LogP) is 16.8. The number of ether oxygens (including phenoxy) is 1. The number of carboxylic acid groups (broad SMARTS) is 1. The molecule has 0 bridgehead atoms. The topological polar surface area (TPSA) is 90.1 Å². The van der Waals surface area contributed by atoms with Crippen LogP contribution in [0.4, 0.5) is 17.1 Å². The van der Waals surface area contributed by atoms with Gasteiger partial charge in [-0.05, 0) is 116 Å². The van der Waals surface area contributed by atoms with Crippen molar-refractivity contribution in [3.8, 4) is 27.3 Å². The van der Waals surface area contributed by atoms with Gasteiger partial charge in [-0.25, -0.2) is 4.79 Å². The van der Waals surface area contributed by atoms with Gasteiger partial charge < -0.3 is 19.8 Å². The van der Waals surface area contributed by atoms with E-state index in [1.165, 1.54) is 108 Å². The Morgan fingerprint density at radius 2 is 1.38 bits per heavy atom. The van der Waals surface area contributed by atoms with E-state index < -0.39 is 11.4 Å². The number of aliphatic hydroxyl groups excluding tert-OH is 1. The van der Waals surface area contributed by atoms with Crippen molar-refractivity contribution in [2.24, 2.45) is 5.92 Å². The highest BCUT2D eigenvalue weighted by atomic mass is 32.2. The molecule has 3 aliphatic rings. The van der Waals surface area contributed by atoms with Gasteiger partial charge in [0.15, 0.2) is 5.71 Å². The van der Waals surface area contributed by atoms with E-state index in [2.05, 4.69) is 118 Å². The van der Waals surface area contributed by atoms with Crippen LogP contribution in [0.2, 0.25) is 0 Å². The van der Waals surface area contributed by atoms with E-state index in [4.69, 9.17) is 4.74 Å². The molecule has 5 aromatic rings. The van der Waals surface area contributed by atoms with Crippen LogP contribution in [0.15, 0.2) is 118 Å². The van der Waals surface area contributed by atoms with Crippen molar-refractivity contribution in [1.82, 2.24) is 0 Å². The Morgan fingerprint density at radius 3 is 2.06 bits per heavy atom. The molecule has 1 unspecified atom stereocenters. The number of benzene rings is 4. The Hall–Kier alpha value is -5.38. The first-order valence-electron chi connectivity index (χ1n) is 25.8. The van der Waals surface area contributed by atoms with Crippen molar-refractivity contribution < 1.29 is 29.1 Å².